The maximum Gasteiger partial charge on any atom is 0.303 e. The van der Waals surface area contributed by atoms with Crippen molar-refractivity contribution in [2.75, 3.05) is 6.54 Å². The summed E-state index contributed by atoms with van der Waals surface area (Å²) in [6.07, 6.45) is 5.33. The third kappa shape index (κ3) is 3.12. The van der Waals surface area contributed by atoms with Gasteiger partial charge in [-0.2, -0.15) is 0 Å². The van der Waals surface area contributed by atoms with Crippen LogP contribution in [0.4, 0.5) is 0 Å². The van der Waals surface area contributed by atoms with E-state index in [9.17, 15) is 9.59 Å². The minimum absolute atomic E-state index is 0.134. The van der Waals surface area contributed by atoms with Crippen molar-refractivity contribution < 1.29 is 14.7 Å². The van der Waals surface area contributed by atoms with Gasteiger partial charge in [0.25, 0.3) is 0 Å². The average molecular weight is 307 g/mol. The second kappa shape index (κ2) is 5.79. The Kier molecular flexibility index (Phi) is 4.02. The summed E-state index contributed by atoms with van der Waals surface area (Å²) in [5.41, 5.74) is 0.969. The molecular formula is C16H21NO3S. The van der Waals surface area contributed by atoms with E-state index in [1.54, 1.807) is 11.3 Å². The SMILES string of the molecule is O=C(O)CC1(CC(=O)N2CCc3sccc3C2)CCCC1. The number of fused-ring (bicyclic) bond motifs is 1. The van der Waals surface area contributed by atoms with Gasteiger partial charge in [0, 0.05) is 24.4 Å². The first-order valence-corrected chi connectivity index (χ1v) is 8.51. The Labute approximate surface area is 128 Å². The number of thiophene rings is 1. The Bertz CT molecular complexity index is 545. The molecule has 0 radical (unpaired) electrons. The Morgan fingerprint density at radius 3 is 2.76 bits per heavy atom. The predicted octanol–water partition coefficient (Wildman–Crippen LogP) is 3.06. The Hall–Kier alpha value is -1.36. The van der Waals surface area contributed by atoms with E-state index >= 15 is 0 Å². The fourth-order valence-electron chi connectivity index (χ4n) is 3.76. The second-order valence-electron chi connectivity index (χ2n) is 6.39. The zero-order chi connectivity index (χ0) is 14.9. The summed E-state index contributed by atoms with van der Waals surface area (Å²) in [6.45, 7) is 1.47. The molecule has 5 heteroatoms. The molecule has 21 heavy (non-hydrogen) atoms. The maximum absolute atomic E-state index is 12.6. The lowest BCUT2D eigenvalue weighted by Crippen LogP contribution is -2.38. The number of carbonyl (C=O) groups excluding carboxylic acids is 1. The van der Waals surface area contributed by atoms with Crippen LogP contribution in [0.5, 0.6) is 0 Å². The molecule has 1 aliphatic carbocycles. The van der Waals surface area contributed by atoms with Crippen molar-refractivity contribution in [2.24, 2.45) is 5.41 Å². The zero-order valence-electron chi connectivity index (χ0n) is 12.1. The van der Waals surface area contributed by atoms with Gasteiger partial charge in [-0.1, -0.05) is 12.8 Å². The van der Waals surface area contributed by atoms with E-state index < -0.39 is 5.97 Å². The highest BCUT2D eigenvalue weighted by atomic mass is 32.1. The Morgan fingerprint density at radius 1 is 1.29 bits per heavy atom. The lowest BCUT2D eigenvalue weighted by atomic mass is 9.79. The molecule has 0 saturated heterocycles. The van der Waals surface area contributed by atoms with Crippen molar-refractivity contribution in [1.82, 2.24) is 4.90 Å². The van der Waals surface area contributed by atoms with Gasteiger partial charge in [0.1, 0.15) is 0 Å². The van der Waals surface area contributed by atoms with Crippen LogP contribution in [0, 0.1) is 5.41 Å². The smallest absolute Gasteiger partial charge is 0.303 e. The number of hydrogen-bond acceptors (Lipinski definition) is 3. The van der Waals surface area contributed by atoms with Crippen LogP contribution in [0.15, 0.2) is 11.4 Å². The summed E-state index contributed by atoms with van der Waals surface area (Å²) in [7, 11) is 0. The first-order valence-electron chi connectivity index (χ1n) is 7.63. The van der Waals surface area contributed by atoms with Gasteiger partial charge in [-0.05, 0) is 41.7 Å². The molecule has 1 aromatic heterocycles. The summed E-state index contributed by atoms with van der Waals surface area (Å²) < 4.78 is 0. The van der Waals surface area contributed by atoms with E-state index in [0.29, 0.717) is 13.0 Å². The van der Waals surface area contributed by atoms with Crippen molar-refractivity contribution in [3.8, 4) is 0 Å². The van der Waals surface area contributed by atoms with Crippen molar-refractivity contribution in [3.63, 3.8) is 0 Å². The molecule has 4 nitrogen and oxygen atoms in total. The van der Waals surface area contributed by atoms with Crippen molar-refractivity contribution in [1.29, 1.82) is 0 Å². The van der Waals surface area contributed by atoms with E-state index in [-0.39, 0.29) is 17.7 Å². The van der Waals surface area contributed by atoms with Gasteiger partial charge >= 0.3 is 5.97 Å². The standard InChI is InChI=1S/C16H21NO3S/c18-14(9-16(10-15(19)20)5-1-2-6-16)17-7-3-13-12(11-17)4-8-21-13/h4,8H,1-3,5-7,9-11H2,(H,19,20). The van der Waals surface area contributed by atoms with Gasteiger partial charge in [0.05, 0.1) is 6.42 Å². The summed E-state index contributed by atoms with van der Waals surface area (Å²) in [5.74, 6) is -0.640. The number of carboxylic acids is 1. The lowest BCUT2D eigenvalue weighted by Gasteiger charge is -2.32. The van der Waals surface area contributed by atoms with Crippen molar-refractivity contribution in [3.05, 3.63) is 21.9 Å². The number of carboxylic acid groups (broad SMARTS) is 1. The summed E-state index contributed by atoms with van der Waals surface area (Å²) in [6, 6.07) is 2.10. The Balaban J connectivity index is 1.67. The molecular weight excluding hydrogens is 286 g/mol. The molecule has 1 saturated carbocycles. The number of amides is 1. The van der Waals surface area contributed by atoms with Crippen LogP contribution in [0.3, 0.4) is 0 Å². The molecule has 1 aromatic rings. The second-order valence-corrected chi connectivity index (χ2v) is 7.39. The molecule has 0 unspecified atom stereocenters. The molecule has 114 valence electrons. The van der Waals surface area contributed by atoms with E-state index in [1.165, 1.54) is 10.4 Å². The predicted molar refractivity (Wildman–Crippen MR) is 81.2 cm³/mol. The van der Waals surface area contributed by atoms with E-state index in [1.807, 2.05) is 4.90 Å². The van der Waals surface area contributed by atoms with Gasteiger partial charge in [-0.15, -0.1) is 11.3 Å². The number of rotatable bonds is 4. The molecule has 1 fully saturated rings. The first kappa shape index (κ1) is 14.6. The molecule has 0 bridgehead atoms. The molecule has 0 atom stereocenters. The first-order chi connectivity index (χ1) is 10.1. The summed E-state index contributed by atoms with van der Waals surface area (Å²) in [5, 5.41) is 11.2. The highest BCUT2D eigenvalue weighted by molar-refractivity contribution is 7.10. The minimum Gasteiger partial charge on any atom is -0.481 e. The molecule has 0 aromatic carbocycles. The number of hydrogen-bond donors (Lipinski definition) is 1. The quantitative estimate of drug-likeness (QED) is 0.930. The van der Waals surface area contributed by atoms with Crippen molar-refractivity contribution in [2.45, 2.75) is 51.5 Å². The van der Waals surface area contributed by atoms with E-state index in [0.717, 1.165) is 38.6 Å². The number of aliphatic carboxylic acids is 1. The molecule has 0 spiro atoms. The van der Waals surface area contributed by atoms with E-state index in [2.05, 4.69) is 11.4 Å². The maximum atomic E-state index is 12.6. The van der Waals surface area contributed by atoms with Crippen molar-refractivity contribution >= 4 is 23.2 Å². The van der Waals surface area contributed by atoms with Crippen LogP contribution < -0.4 is 0 Å². The van der Waals surface area contributed by atoms with E-state index in [4.69, 9.17) is 5.11 Å². The minimum atomic E-state index is -0.775. The average Bonchev–Trinajstić information content (AvgIpc) is 3.06. The van der Waals surface area contributed by atoms with Gasteiger partial charge < -0.3 is 10.0 Å². The normalized spacial score (nSPS) is 20.3. The summed E-state index contributed by atoms with van der Waals surface area (Å²) >= 11 is 1.76. The molecule has 1 N–H and O–H groups in total. The highest BCUT2D eigenvalue weighted by Crippen LogP contribution is 2.44. The van der Waals surface area contributed by atoms with Gasteiger partial charge in [0.15, 0.2) is 0 Å². The molecule has 1 amide bonds. The lowest BCUT2D eigenvalue weighted by molar-refractivity contribution is -0.141. The van der Waals surface area contributed by atoms with Crippen LogP contribution in [0.1, 0.15) is 49.0 Å². The fraction of sp³-hybridized carbons (Fsp3) is 0.625. The summed E-state index contributed by atoms with van der Waals surface area (Å²) in [4.78, 5) is 27.0. The molecule has 1 aliphatic heterocycles. The Morgan fingerprint density at radius 2 is 2.05 bits per heavy atom. The fourth-order valence-corrected chi connectivity index (χ4v) is 4.65. The number of nitrogens with zero attached hydrogens (tertiary/aromatic N) is 1. The van der Waals surface area contributed by atoms with Crippen LogP contribution >= 0.6 is 11.3 Å². The topological polar surface area (TPSA) is 57.6 Å². The van der Waals surface area contributed by atoms with Gasteiger partial charge in [-0.25, -0.2) is 0 Å². The van der Waals surface area contributed by atoms with Crippen LogP contribution in [-0.4, -0.2) is 28.4 Å². The highest BCUT2D eigenvalue weighted by Gasteiger charge is 2.39. The third-order valence-electron chi connectivity index (χ3n) is 4.88. The molecule has 3 rings (SSSR count). The van der Waals surface area contributed by atoms with Gasteiger partial charge in [0.2, 0.25) is 5.91 Å². The monoisotopic (exact) mass is 307 g/mol. The zero-order valence-corrected chi connectivity index (χ0v) is 13.0. The molecule has 2 heterocycles. The van der Waals surface area contributed by atoms with Crippen LogP contribution in [0.25, 0.3) is 0 Å². The number of carbonyl (C=O) groups is 2. The largest absolute Gasteiger partial charge is 0.481 e. The van der Waals surface area contributed by atoms with Crippen LogP contribution in [-0.2, 0) is 22.6 Å². The van der Waals surface area contributed by atoms with Crippen LogP contribution in [0.2, 0.25) is 0 Å². The molecule has 2 aliphatic rings. The van der Waals surface area contributed by atoms with Gasteiger partial charge in [-0.3, -0.25) is 9.59 Å². The third-order valence-corrected chi connectivity index (χ3v) is 5.90.